The van der Waals surface area contributed by atoms with Crippen LogP contribution in [0.5, 0.6) is 0 Å². The van der Waals surface area contributed by atoms with Gasteiger partial charge in [0, 0.05) is 5.41 Å². The van der Waals surface area contributed by atoms with Crippen molar-refractivity contribution >= 4 is 5.65 Å². The van der Waals surface area contributed by atoms with Crippen LogP contribution in [0.1, 0.15) is 51.9 Å². The molecule has 2 aromatic heterocycles. The van der Waals surface area contributed by atoms with Gasteiger partial charge in [0.15, 0.2) is 5.65 Å². The van der Waals surface area contributed by atoms with Crippen molar-refractivity contribution in [3.05, 3.63) is 29.7 Å². The third-order valence-corrected chi connectivity index (χ3v) is 2.70. The van der Waals surface area contributed by atoms with E-state index in [1.54, 1.807) is 0 Å². The van der Waals surface area contributed by atoms with Crippen LogP contribution in [0.4, 0.5) is 0 Å². The molecule has 0 amide bonds. The summed E-state index contributed by atoms with van der Waals surface area (Å²) in [5.41, 5.74) is 3.19. The molecular weight excluding hydrogens is 198 g/mol. The second-order valence-corrected chi connectivity index (χ2v) is 5.59. The van der Waals surface area contributed by atoms with Crippen molar-refractivity contribution in [2.24, 2.45) is 0 Å². The second kappa shape index (κ2) is 3.58. The van der Waals surface area contributed by atoms with Crippen LogP contribution in [0.2, 0.25) is 0 Å². The Morgan fingerprint density at radius 2 is 1.88 bits per heavy atom. The molecule has 0 aliphatic rings. The predicted octanol–water partition coefficient (Wildman–Crippen LogP) is 3.15. The smallest absolute Gasteiger partial charge is 0.153 e. The van der Waals surface area contributed by atoms with E-state index in [4.69, 9.17) is 0 Å². The van der Waals surface area contributed by atoms with Crippen LogP contribution >= 0.6 is 0 Å². The third-order valence-electron chi connectivity index (χ3n) is 2.70. The van der Waals surface area contributed by atoms with Gasteiger partial charge in [-0.15, -0.1) is 0 Å². The van der Waals surface area contributed by atoms with E-state index in [9.17, 15) is 0 Å². The van der Waals surface area contributed by atoms with E-state index in [-0.39, 0.29) is 5.41 Å². The Balaban J connectivity index is 2.54. The number of hydrogen-bond donors (Lipinski definition) is 0. The first-order valence-corrected chi connectivity index (χ1v) is 5.75. The summed E-state index contributed by atoms with van der Waals surface area (Å²) in [7, 11) is 0. The minimum absolute atomic E-state index is 0.0751. The summed E-state index contributed by atoms with van der Waals surface area (Å²) < 4.78 is 1.88. The molecule has 2 heterocycles. The largest absolute Gasteiger partial charge is 0.232 e. The van der Waals surface area contributed by atoms with Crippen molar-refractivity contribution in [3.8, 4) is 0 Å². The zero-order valence-electron chi connectivity index (χ0n) is 10.7. The average Bonchev–Trinajstić information content (AvgIpc) is 2.58. The van der Waals surface area contributed by atoms with E-state index in [2.05, 4.69) is 50.8 Å². The van der Waals surface area contributed by atoms with Gasteiger partial charge in [-0.25, -0.2) is 9.50 Å². The first kappa shape index (κ1) is 11.1. The van der Waals surface area contributed by atoms with Crippen molar-refractivity contribution in [1.82, 2.24) is 14.6 Å². The molecule has 0 fully saturated rings. The molecular formula is C13H19N3. The topological polar surface area (TPSA) is 30.2 Å². The van der Waals surface area contributed by atoms with Crippen molar-refractivity contribution in [3.63, 3.8) is 0 Å². The molecule has 3 heteroatoms. The molecule has 0 spiro atoms. The molecule has 0 N–H and O–H groups in total. The lowest BCUT2D eigenvalue weighted by Crippen LogP contribution is -2.11. The summed E-state index contributed by atoms with van der Waals surface area (Å²) in [4.78, 5) is 4.58. The number of nitrogens with zero attached hydrogens (tertiary/aromatic N) is 3. The van der Waals surface area contributed by atoms with Gasteiger partial charge in [-0.2, -0.15) is 5.10 Å². The van der Waals surface area contributed by atoms with Crippen LogP contribution in [0.25, 0.3) is 5.65 Å². The molecule has 16 heavy (non-hydrogen) atoms. The van der Waals surface area contributed by atoms with Gasteiger partial charge < -0.3 is 0 Å². The highest BCUT2D eigenvalue weighted by Gasteiger charge is 2.18. The first-order chi connectivity index (χ1) is 7.38. The van der Waals surface area contributed by atoms with Crippen molar-refractivity contribution in [2.45, 2.75) is 46.0 Å². The minimum atomic E-state index is 0.0751. The van der Waals surface area contributed by atoms with E-state index in [0.717, 1.165) is 17.0 Å². The fraction of sp³-hybridized carbons (Fsp3) is 0.538. The SMILES string of the molecule is CC(C)c1ccc2nc(C(C)(C)C)cn2n1. The van der Waals surface area contributed by atoms with Gasteiger partial charge in [0.2, 0.25) is 0 Å². The van der Waals surface area contributed by atoms with Crippen molar-refractivity contribution < 1.29 is 0 Å². The number of rotatable bonds is 1. The highest BCUT2D eigenvalue weighted by molar-refractivity contribution is 5.40. The Hall–Kier alpha value is -1.38. The van der Waals surface area contributed by atoms with Gasteiger partial charge in [0.1, 0.15) is 0 Å². The molecule has 0 aliphatic heterocycles. The fourth-order valence-electron chi connectivity index (χ4n) is 1.57. The van der Waals surface area contributed by atoms with Crippen molar-refractivity contribution in [2.75, 3.05) is 0 Å². The maximum absolute atomic E-state index is 4.58. The molecule has 0 bridgehead atoms. The summed E-state index contributed by atoms with van der Waals surface area (Å²) in [5.74, 6) is 0.449. The molecule has 0 radical (unpaired) electrons. The molecule has 2 aromatic rings. The van der Waals surface area contributed by atoms with Crippen LogP contribution < -0.4 is 0 Å². The lowest BCUT2D eigenvalue weighted by molar-refractivity contribution is 0.572. The molecule has 86 valence electrons. The number of imidazole rings is 1. The molecule has 0 aliphatic carbocycles. The molecule has 0 aromatic carbocycles. The van der Waals surface area contributed by atoms with Crippen LogP contribution in [0.3, 0.4) is 0 Å². The molecule has 0 unspecified atom stereocenters. The zero-order valence-corrected chi connectivity index (χ0v) is 10.7. The zero-order chi connectivity index (χ0) is 11.9. The third kappa shape index (κ3) is 1.94. The summed E-state index contributed by atoms with van der Waals surface area (Å²) in [6.07, 6.45) is 2.03. The lowest BCUT2D eigenvalue weighted by Gasteiger charge is -2.13. The molecule has 2 rings (SSSR count). The fourth-order valence-corrected chi connectivity index (χ4v) is 1.57. The maximum atomic E-state index is 4.58. The minimum Gasteiger partial charge on any atom is -0.232 e. The van der Waals surface area contributed by atoms with Crippen LogP contribution in [0, 0.1) is 0 Å². The highest BCUT2D eigenvalue weighted by Crippen LogP contribution is 2.21. The van der Waals surface area contributed by atoms with Gasteiger partial charge in [-0.3, -0.25) is 0 Å². The predicted molar refractivity (Wildman–Crippen MR) is 65.8 cm³/mol. The number of fused-ring (bicyclic) bond motifs is 1. The summed E-state index contributed by atoms with van der Waals surface area (Å²) in [5, 5.41) is 4.56. The Kier molecular flexibility index (Phi) is 2.49. The van der Waals surface area contributed by atoms with E-state index in [1.165, 1.54) is 0 Å². The molecule has 3 nitrogen and oxygen atoms in total. The maximum Gasteiger partial charge on any atom is 0.153 e. The van der Waals surface area contributed by atoms with Gasteiger partial charge in [0.05, 0.1) is 17.6 Å². The van der Waals surface area contributed by atoms with E-state index in [1.807, 2.05) is 16.8 Å². The Morgan fingerprint density at radius 1 is 1.19 bits per heavy atom. The highest BCUT2D eigenvalue weighted by atomic mass is 15.2. The van der Waals surface area contributed by atoms with Gasteiger partial charge in [-0.05, 0) is 18.1 Å². The van der Waals surface area contributed by atoms with Crippen LogP contribution in [-0.2, 0) is 5.41 Å². The van der Waals surface area contributed by atoms with Gasteiger partial charge >= 0.3 is 0 Å². The number of aromatic nitrogens is 3. The van der Waals surface area contributed by atoms with E-state index < -0.39 is 0 Å². The van der Waals surface area contributed by atoms with Crippen LogP contribution in [0.15, 0.2) is 18.3 Å². The second-order valence-electron chi connectivity index (χ2n) is 5.59. The van der Waals surface area contributed by atoms with E-state index >= 15 is 0 Å². The Labute approximate surface area is 96.5 Å². The standard InChI is InChI=1S/C13H19N3/c1-9(2)10-6-7-12-14-11(13(3,4)5)8-16(12)15-10/h6-9H,1-5H3. The summed E-state index contributed by atoms with van der Waals surface area (Å²) in [6, 6.07) is 4.09. The summed E-state index contributed by atoms with van der Waals surface area (Å²) in [6.45, 7) is 10.8. The quantitative estimate of drug-likeness (QED) is 0.734. The molecule has 0 atom stereocenters. The Bertz CT molecular complexity index is 503. The van der Waals surface area contributed by atoms with Crippen LogP contribution in [-0.4, -0.2) is 14.6 Å². The molecule has 0 saturated carbocycles. The number of hydrogen-bond acceptors (Lipinski definition) is 2. The molecule has 0 saturated heterocycles. The monoisotopic (exact) mass is 217 g/mol. The normalized spacial score (nSPS) is 12.6. The Morgan fingerprint density at radius 3 is 2.44 bits per heavy atom. The average molecular weight is 217 g/mol. The summed E-state index contributed by atoms with van der Waals surface area (Å²) >= 11 is 0. The first-order valence-electron chi connectivity index (χ1n) is 5.75. The van der Waals surface area contributed by atoms with E-state index in [0.29, 0.717) is 5.92 Å². The van der Waals surface area contributed by atoms with Gasteiger partial charge in [0.25, 0.3) is 0 Å². The van der Waals surface area contributed by atoms with Gasteiger partial charge in [-0.1, -0.05) is 34.6 Å². The lowest BCUT2D eigenvalue weighted by atomic mass is 9.93. The van der Waals surface area contributed by atoms with Crippen molar-refractivity contribution in [1.29, 1.82) is 0 Å².